The molecule has 0 spiro atoms. The normalized spacial score (nSPS) is 17.6. The summed E-state index contributed by atoms with van der Waals surface area (Å²) in [5, 5.41) is 11.2. The van der Waals surface area contributed by atoms with E-state index in [0.717, 1.165) is 16.8 Å². The van der Waals surface area contributed by atoms with Crippen molar-refractivity contribution in [2.24, 2.45) is 0 Å². The van der Waals surface area contributed by atoms with Gasteiger partial charge in [-0.3, -0.25) is 10.1 Å². The fourth-order valence-corrected chi connectivity index (χ4v) is 4.04. The van der Waals surface area contributed by atoms with Crippen LogP contribution in [-0.4, -0.2) is 25.1 Å². The molecule has 0 saturated heterocycles. The lowest BCUT2D eigenvalue weighted by molar-refractivity contribution is -0.384. The van der Waals surface area contributed by atoms with Crippen molar-refractivity contribution in [3.8, 4) is 5.75 Å². The molecule has 0 amide bonds. The van der Waals surface area contributed by atoms with E-state index in [4.69, 9.17) is 9.47 Å². The SMILES string of the molecule is COC(=O)C1=C[C@@H](c2ccccc2)N(c2ccc([N+](=O)[O-])cc2)[C@@H]1c1ccc(OC)cc1. The van der Waals surface area contributed by atoms with Crippen LogP contribution in [0.2, 0.25) is 0 Å². The minimum atomic E-state index is -0.444. The molecule has 7 heteroatoms. The van der Waals surface area contributed by atoms with Gasteiger partial charge in [-0.2, -0.15) is 0 Å². The van der Waals surface area contributed by atoms with E-state index >= 15 is 0 Å². The van der Waals surface area contributed by atoms with Gasteiger partial charge in [0.2, 0.25) is 0 Å². The Kier molecular flexibility index (Phi) is 5.89. The van der Waals surface area contributed by atoms with Crippen molar-refractivity contribution in [1.82, 2.24) is 0 Å². The van der Waals surface area contributed by atoms with Crippen molar-refractivity contribution in [1.29, 1.82) is 0 Å². The first-order valence-corrected chi connectivity index (χ1v) is 10.0. The number of rotatable bonds is 6. The highest BCUT2D eigenvalue weighted by molar-refractivity contribution is 5.93. The molecule has 3 aromatic carbocycles. The second kappa shape index (κ2) is 8.93. The molecule has 0 fully saturated rings. The number of hydrogen-bond donors (Lipinski definition) is 0. The highest BCUT2D eigenvalue weighted by Gasteiger charge is 2.40. The Morgan fingerprint density at radius 3 is 2.12 bits per heavy atom. The largest absolute Gasteiger partial charge is 0.497 e. The van der Waals surface area contributed by atoms with Crippen LogP contribution in [0.3, 0.4) is 0 Å². The van der Waals surface area contributed by atoms with Gasteiger partial charge in [0.1, 0.15) is 5.75 Å². The number of non-ortho nitro benzene ring substituents is 1. The van der Waals surface area contributed by atoms with Crippen LogP contribution in [0, 0.1) is 10.1 Å². The molecule has 0 radical (unpaired) electrons. The van der Waals surface area contributed by atoms with Crippen molar-refractivity contribution in [3.05, 3.63) is 112 Å². The monoisotopic (exact) mass is 430 g/mol. The second-order valence-corrected chi connectivity index (χ2v) is 7.33. The third-order valence-electron chi connectivity index (χ3n) is 5.56. The summed E-state index contributed by atoms with van der Waals surface area (Å²) in [5.41, 5.74) is 3.12. The van der Waals surface area contributed by atoms with Gasteiger partial charge in [0, 0.05) is 17.8 Å². The van der Waals surface area contributed by atoms with E-state index < -0.39 is 16.9 Å². The molecule has 162 valence electrons. The van der Waals surface area contributed by atoms with E-state index in [-0.39, 0.29) is 11.7 Å². The minimum Gasteiger partial charge on any atom is -0.497 e. The predicted octanol–water partition coefficient (Wildman–Crippen LogP) is 5.01. The number of benzene rings is 3. The molecule has 0 bridgehead atoms. The lowest BCUT2D eigenvalue weighted by atomic mass is 9.99. The topological polar surface area (TPSA) is 81.9 Å². The van der Waals surface area contributed by atoms with Crippen molar-refractivity contribution >= 4 is 17.3 Å². The molecule has 32 heavy (non-hydrogen) atoms. The Labute approximate surface area is 185 Å². The predicted molar refractivity (Wildman–Crippen MR) is 121 cm³/mol. The molecular formula is C25H22N2O5. The summed E-state index contributed by atoms with van der Waals surface area (Å²) in [4.78, 5) is 25.6. The Morgan fingerprint density at radius 1 is 0.906 bits per heavy atom. The van der Waals surface area contributed by atoms with Crippen LogP contribution < -0.4 is 9.64 Å². The maximum absolute atomic E-state index is 12.8. The number of esters is 1. The van der Waals surface area contributed by atoms with Gasteiger partial charge in [-0.15, -0.1) is 0 Å². The quantitative estimate of drug-likeness (QED) is 0.311. The van der Waals surface area contributed by atoms with E-state index in [9.17, 15) is 14.9 Å². The molecule has 0 aromatic heterocycles. The summed E-state index contributed by atoms with van der Waals surface area (Å²) in [7, 11) is 2.96. The average Bonchev–Trinajstić information content (AvgIpc) is 3.25. The van der Waals surface area contributed by atoms with Crippen LogP contribution in [0.4, 0.5) is 11.4 Å². The van der Waals surface area contributed by atoms with Gasteiger partial charge in [0.25, 0.3) is 5.69 Å². The molecular weight excluding hydrogens is 408 g/mol. The molecule has 4 rings (SSSR count). The zero-order valence-corrected chi connectivity index (χ0v) is 17.7. The summed E-state index contributed by atoms with van der Waals surface area (Å²) in [6, 6.07) is 22.9. The van der Waals surface area contributed by atoms with E-state index in [2.05, 4.69) is 4.90 Å². The first-order chi connectivity index (χ1) is 15.5. The number of carbonyl (C=O) groups excluding carboxylic acids is 1. The Morgan fingerprint density at radius 2 is 1.56 bits per heavy atom. The van der Waals surface area contributed by atoms with Crippen LogP contribution in [0.5, 0.6) is 5.75 Å². The molecule has 0 unspecified atom stereocenters. The number of nitrogens with zero attached hydrogens (tertiary/aromatic N) is 2. The fourth-order valence-electron chi connectivity index (χ4n) is 4.04. The lowest BCUT2D eigenvalue weighted by Crippen LogP contribution is -2.29. The van der Waals surface area contributed by atoms with Crippen LogP contribution in [0.25, 0.3) is 0 Å². The number of ether oxygens (including phenoxy) is 2. The zero-order valence-electron chi connectivity index (χ0n) is 17.7. The smallest absolute Gasteiger partial charge is 0.335 e. The van der Waals surface area contributed by atoms with Gasteiger partial charge in [-0.25, -0.2) is 4.79 Å². The summed E-state index contributed by atoms with van der Waals surface area (Å²) in [6.45, 7) is 0. The zero-order chi connectivity index (χ0) is 22.7. The van der Waals surface area contributed by atoms with Gasteiger partial charge in [0.15, 0.2) is 0 Å². The number of nitro benzene ring substituents is 1. The highest BCUT2D eigenvalue weighted by atomic mass is 16.6. The molecule has 0 saturated carbocycles. The first-order valence-electron chi connectivity index (χ1n) is 10.0. The van der Waals surface area contributed by atoms with Gasteiger partial charge in [0.05, 0.1) is 36.8 Å². The molecule has 3 aromatic rings. The van der Waals surface area contributed by atoms with Gasteiger partial charge < -0.3 is 14.4 Å². The Hall–Kier alpha value is -4.13. The third-order valence-corrected chi connectivity index (χ3v) is 5.56. The third kappa shape index (κ3) is 3.92. The second-order valence-electron chi connectivity index (χ2n) is 7.33. The molecule has 7 nitrogen and oxygen atoms in total. The maximum Gasteiger partial charge on any atom is 0.335 e. The maximum atomic E-state index is 12.8. The van der Waals surface area contributed by atoms with Crippen molar-refractivity contribution in [2.75, 3.05) is 19.1 Å². The molecule has 0 N–H and O–H groups in total. The minimum absolute atomic E-state index is 0.00589. The number of nitro groups is 1. The van der Waals surface area contributed by atoms with E-state index in [0.29, 0.717) is 11.3 Å². The molecule has 1 heterocycles. The van der Waals surface area contributed by atoms with E-state index in [1.54, 1.807) is 19.2 Å². The first kappa shape index (κ1) is 21.1. The molecule has 0 aliphatic carbocycles. The standard InChI is InChI=1S/C25H22N2O5/c1-31-21-14-8-18(9-15-21)24-22(25(28)32-2)16-23(17-6-4-3-5-7-17)26(24)19-10-12-20(13-11-19)27(29)30/h3-16,23-24H,1-2H3/t23-,24+/m0/s1. The number of methoxy groups -OCH3 is 2. The van der Waals surface area contributed by atoms with Crippen LogP contribution in [0.1, 0.15) is 23.2 Å². The van der Waals surface area contributed by atoms with Crippen LogP contribution in [0.15, 0.2) is 90.5 Å². The Balaban J connectivity index is 1.87. The molecule has 1 aliphatic rings. The number of hydrogen-bond acceptors (Lipinski definition) is 6. The van der Waals surface area contributed by atoms with Gasteiger partial charge >= 0.3 is 5.97 Å². The summed E-state index contributed by atoms with van der Waals surface area (Å²) in [6.07, 6.45) is 1.90. The lowest BCUT2D eigenvalue weighted by Gasteiger charge is -2.34. The summed E-state index contributed by atoms with van der Waals surface area (Å²) < 4.78 is 10.4. The Bertz CT molecular complexity index is 1140. The summed E-state index contributed by atoms with van der Waals surface area (Å²) in [5.74, 6) is 0.285. The van der Waals surface area contributed by atoms with Crippen LogP contribution >= 0.6 is 0 Å². The number of carbonyl (C=O) groups is 1. The van der Waals surface area contributed by atoms with Crippen molar-refractivity contribution in [2.45, 2.75) is 12.1 Å². The highest BCUT2D eigenvalue weighted by Crippen LogP contribution is 2.47. The van der Waals surface area contributed by atoms with E-state index in [1.807, 2.05) is 60.7 Å². The summed E-state index contributed by atoms with van der Waals surface area (Å²) >= 11 is 0. The fraction of sp³-hybridized carbons (Fsp3) is 0.160. The van der Waals surface area contributed by atoms with E-state index in [1.165, 1.54) is 19.2 Å². The van der Waals surface area contributed by atoms with Crippen LogP contribution in [-0.2, 0) is 9.53 Å². The average molecular weight is 430 g/mol. The van der Waals surface area contributed by atoms with Gasteiger partial charge in [-0.1, -0.05) is 42.5 Å². The number of anilines is 1. The van der Waals surface area contributed by atoms with Gasteiger partial charge in [-0.05, 0) is 41.5 Å². The van der Waals surface area contributed by atoms with Crippen molar-refractivity contribution < 1.29 is 19.2 Å². The molecule has 2 atom stereocenters. The molecule has 1 aliphatic heterocycles. The van der Waals surface area contributed by atoms with Crippen molar-refractivity contribution in [3.63, 3.8) is 0 Å².